The van der Waals surface area contributed by atoms with Crippen LogP contribution in [0, 0.1) is 5.92 Å². The molecular formula is C10H17N3. The van der Waals surface area contributed by atoms with E-state index in [1.807, 2.05) is 12.1 Å². The summed E-state index contributed by atoms with van der Waals surface area (Å²) in [7, 11) is 0. The zero-order valence-corrected chi connectivity index (χ0v) is 8.20. The molecule has 2 atom stereocenters. The van der Waals surface area contributed by atoms with Crippen LogP contribution in [0.1, 0.15) is 31.9 Å². The minimum Gasteiger partial charge on any atom is -0.271 e. The molecule has 3 N–H and O–H groups in total. The van der Waals surface area contributed by atoms with Crippen molar-refractivity contribution in [3.05, 3.63) is 30.1 Å². The first-order valence-electron chi connectivity index (χ1n) is 4.65. The van der Waals surface area contributed by atoms with Crippen molar-refractivity contribution < 1.29 is 0 Å². The van der Waals surface area contributed by atoms with Crippen molar-refractivity contribution in [2.24, 2.45) is 11.8 Å². The molecule has 0 radical (unpaired) electrons. The molecule has 0 bridgehead atoms. The van der Waals surface area contributed by atoms with Gasteiger partial charge in [0.05, 0.1) is 0 Å². The molecule has 3 heteroatoms. The Morgan fingerprint density at radius 3 is 2.54 bits per heavy atom. The fourth-order valence-corrected chi connectivity index (χ4v) is 1.40. The Hall–Kier alpha value is -0.930. The van der Waals surface area contributed by atoms with E-state index in [0.29, 0.717) is 5.92 Å². The fourth-order valence-electron chi connectivity index (χ4n) is 1.40. The van der Waals surface area contributed by atoms with Crippen LogP contribution in [0.2, 0.25) is 0 Å². The normalized spacial score (nSPS) is 15.3. The lowest BCUT2D eigenvalue weighted by atomic mass is 9.94. The van der Waals surface area contributed by atoms with Crippen LogP contribution in [0.4, 0.5) is 0 Å². The molecule has 72 valence electrons. The summed E-state index contributed by atoms with van der Waals surface area (Å²) >= 11 is 0. The van der Waals surface area contributed by atoms with Crippen molar-refractivity contribution in [2.45, 2.75) is 26.3 Å². The molecule has 0 saturated heterocycles. The van der Waals surface area contributed by atoms with E-state index in [0.717, 1.165) is 6.42 Å². The Labute approximate surface area is 79.3 Å². The molecule has 0 amide bonds. The van der Waals surface area contributed by atoms with Gasteiger partial charge in [0.1, 0.15) is 0 Å². The minimum absolute atomic E-state index is 0.230. The first-order chi connectivity index (χ1) is 6.29. The van der Waals surface area contributed by atoms with Crippen LogP contribution in [0.3, 0.4) is 0 Å². The summed E-state index contributed by atoms with van der Waals surface area (Å²) in [5, 5.41) is 0. The van der Waals surface area contributed by atoms with Gasteiger partial charge in [-0.05, 0) is 23.6 Å². The largest absolute Gasteiger partial charge is 0.271 e. The Kier molecular flexibility index (Phi) is 3.86. The number of aromatic nitrogens is 1. The Balaban J connectivity index is 2.78. The van der Waals surface area contributed by atoms with Crippen LogP contribution in [0.15, 0.2) is 24.5 Å². The molecular weight excluding hydrogens is 162 g/mol. The lowest BCUT2D eigenvalue weighted by Crippen LogP contribution is -2.32. The van der Waals surface area contributed by atoms with E-state index in [4.69, 9.17) is 5.84 Å². The van der Waals surface area contributed by atoms with Crippen LogP contribution in [-0.4, -0.2) is 4.98 Å². The van der Waals surface area contributed by atoms with Crippen molar-refractivity contribution >= 4 is 0 Å². The molecule has 1 rings (SSSR count). The first kappa shape index (κ1) is 10.2. The molecule has 13 heavy (non-hydrogen) atoms. The maximum absolute atomic E-state index is 5.51. The van der Waals surface area contributed by atoms with Gasteiger partial charge < -0.3 is 0 Å². The van der Waals surface area contributed by atoms with E-state index in [2.05, 4.69) is 24.3 Å². The van der Waals surface area contributed by atoms with Gasteiger partial charge in [0.25, 0.3) is 0 Å². The Bertz CT molecular complexity index is 235. The maximum Gasteiger partial charge on any atom is 0.0486 e. The van der Waals surface area contributed by atoms with Gasteiger partial charge in [-0.3, -0.25) is 16.3 Å². The second-order valence-corrected chi connectivity index (χ2v) is 3.31. The molecule has 1 heterocycles. The molecule has 1 aromatic heterocycles. The highest BCUT2D eigenvalue weighted by molar-refractivity contribution is 5.15. The smallest absolute Gasteiger partial charge is 0.0486 e. The van der Waals surface area contributed by atoms with E-state index in [-0.39, 0.29) is 6.04 Å². The summed E-state index contributed by atoms with van der Waals surface area (Å²) in [6.07, 6.45) is 4.70. The topological polar surface area (TPSA) is 50.9 Å². The highest BCUT2D eigenvalue weighted by atomic mass is 15.2. The van der Waals surface area contributed by atoms with Gasteiger partial charge in [-0.1, -0.05) is 20.3 Å². The van der Waals surface area contributed by atoms with Crippen LogP contribution >= 0.6 is 0 Å². The number of hydrazine groups is 1. The fraction of sp³-hybridized carbons (Fsp3) is 0.500. The van der Waals surface area contributed by atoms with E-state index >= 15 is 0 Å². The molecule has 0 aliphatic rings. The molecule has 0 aliphatic heterocycles. The number of nitrogens with two attached hydrogens (primary N) is 1. The monoisotopic (exact) mass is 179 g/mol. The zero-order chi connectivity index (χ0) is 9.68. The lowest BCUT2D eigenvalue weighted by molar-refractivity contribution is 0.383. The summed E-state index contributed by atoms with van der Waals surface area (Å²) in [6, 6.07) is 4.22. The number of pyridine rings is 1. The number of hydrogen-bond donors (Lipinski definition) is 2. The first-order valence-corrected chi connectivity index (χ1v) is 4.65. The third-order valence-corrected chi connectivity index (χ3v) is 2.46. The van der Waals surface area contributed by atoms with Gasteiger partial charge in [0.15, 0.2) is 0 Å². The molecule has 0 saturated carbocycles. The average Bonchev–Trinajstić information content (AvgIpc) is 2.20. The van der Waals surface area contributed by atoms with Crippen molar-refractivity contribution in [3.63, 3.8) is 0 Å². The highest BCUT2D eigenvalue weighted by Crippen LogP contribution is 2.22. The van der Waals surface area contributed by atoms with Crippen molar-refractivity contribution in [3.8, 4) is 0 Å². The second-order valence-electron chi connectivity index (χ2n) is 3.31. The average molecular weight is 179 g/mol. The zero-order valence-electron chi connectivity index (χ0n) is 8.20. The van der Waals surface area contributed by atoms with Gasteiger partial charge in [0, 0.05) is 18.4 Å². The summed E-state index contributed by atoms with van der Waals surface area (Å²) in [6.45, 7) is 4.35. The van der Waals surface area contributed by atoms with Crippen molar-refractivity contribution in [1.29, 1.82) is 0 Å². The Morgan fingerprint density at radius 2 is 2.08 bits per heavy atom. The number of nitrogens with one attached hydrogen (secondary N) is 1. The minimum atomic E-state index is 0.230. The highest BCUT2D eigenvalue weighted by Gasteiger charge is 2.15. The number of rotatable bonds is 4. The molecule has 2 unspecified atom stereocenters. The van der Waals surface area contributed by atoms with E-state index < -0.39 is 0 Å². The van der Waals surface area contributed by atoms with Gasteiger partial charge in [-0.2, -0.15) is 0 Å². The summed E-state index contributed by atoms with van der Waals surface area (Å²) in [5.74, 6) is 6.05. The number of hydrogen-bond acceptors (Lipinski definition) is 3. The Morgan fingerprint density at radius 1 is 1.46 bits per heavy atom. The third-order valence-electron chi connectivity index (χ3n) is 2.46. The van der Waals surface area contributed by atoms with Crippen LogP contribution in [0.5, 0.6) is 0 Å². The SMILES string of the molecule is CCC(C)C(NN)c1ccncc1. The molecule has 0 aromatic carbocycles. The second kappa shape index (κ2) is 4.94. The van der Waals surface area contributed by atoms with Gasteiger partial charge >= 0.3 is 0 Å². The number of nitrogens with zero attached hydrogens (tertiary/aromatic N) is 1. The summed E-state index contributed by atoms with van der Waals surface area (Å²) in [4.78, 5) is 3.98. The molecule has 0 spiro atoms. The van der Waals surface area contributed by atoms with Crippen LogP contribution in [0.25, 0.3) is 0 Å². The van der Waals surface area contributed by atoms with Gasteiger partial charge in [-0.25, -0.2) is 0 Å². The summed E-state index contributed by atoms with van der Waals surface area (Å²) < 4.78 is 0. The van der Waals surface area contributed by atoms with Crippen LogP contribution < -0.4 is 11.3 Å². The van der Waals surface area contributed by atoms with Gasteiger partial charge in [0.2, 0.25) is 0 Å². The predicted molar refractivity (Wildman–Crippen MR) is 53.8 cm³/mol. The molecule has 0 aliphatic carbocycles. The third kappa shape index (κ3) is 2.50. The lowest BCUT2D eigenvalue weighted by Gasteiger charge is -2.22. The van der Waals surface area contributed by atoms with Gasteiger partial charge in [-0.15, -0.1) is 0 Å². The maximum atomic E-state index is 5.51. The van der Waals surface area contributed by atoms with Crippen LogP contribution in [-0.2, 0) is 0 Å². The van der Waals surface area contributed by atoms with Crippen molar-refractivity contribution in [1.82, 2.24) is 10.4 Å². The van der Waals surface area contributed by atoms with E-state index in [9.17, 15) is 0 Å². The molecule has 0 fully saturated rings. The van der Waals surface area contributed by atoms with Crippen molar-refractivity contribution in [2.75, 3.05) is 0 Å². The molecule has 1 aromatic rings. The predicted octanol–water partition coefficient (Wildman–Crippen LogP) is 1.63. The quantitative estimate of drug-likeness (QED) is 0.545. The standard InChI is InChI=1S/C10H17N3/c1-3-8(2)10(13-11)9-4-6-12-7-5-9/h4-8,10,13H,3,11H2,1-2H3. The molecule has 3 nitrogen and oxygen atoms in total. The summed E-state index contributed by atoms with van der Waals surface area (Å²) in [5.41, 5.74) is 4.04. The van der Waals surface area contributed by atoms with E-state index in [1.54, 1.807) is 12.4 Å². The van der Waals surface area contributed by atoms with E-state index in [1.165, 1.54) is 5.56 Å².